The van der Waals surface area contributed by atoms with Gasteiger partial charge in [-0.15, -0.1) is 0 Å². The Morgan fingerprint density at radius 1 is 1.11 bits per heavy atom. The van der Waals surface area contributed by atoms with Crippen molar-refractivity contribution >= 4 is 37.5 Å². The van der Waals surface area contributed by atoms with Crippen molar-refractivity contribution in [3.63, 3.8) is 0 Å². The second-order valence-electron chi connectivity index (χ2n) is 7.10. The highest BCUT2D eigenvalue weighted by Crippen LogP contribution is 2.26. The van der Waals surface area contributed by atoms with Gasteiger partial charge in [-0.2, -0.15) is 0 Å². The maximum atomic E-state index is 14.3. The van der Waals surface area contributed by atoms with Gasteiger partial charge in [0.25, 0.3) is 5.91 Å². The summed E-state index contributed by atoms with van der Waals surface area (Å²) < 4.78 is 43.3. The van der Waals surface area contributed by atoms with E-state index in [0.717, 1.165) is 42.3 Å². The summed E-state index contributed by atoms with van der Waals surface area (Å²) >= 11 is 3.31. The first-order valence-electron chi connectivity index (χ1n) is 9.15. The first-order valence-corrected chi connectivity index (χ1v) is 11.4. The van der Waals surface area contributed by atoms with Gasteiger partial charge in [-0.3, -0.25) is 4.79 Å². The lowest BCUT2D eigenvalue weighted by Crippen LogP contribution is -2.41. The third-order valence-corrected chi connectivity index (χ3v) is 7.04. The first kappa shape index (κ1) is 21.0. The number of anilines is 1. The third kappa shape index (κ3) is 4.98. The molecule has 2 N–H and O–H groups in total. The molecule has 0 spiro atoms. The van der Waals surface area contributed by atoms with Gasteiger partial charge in [0, 0.05) is 21.8 Å². The molecule has 0 aliphatic heterocycles. The fraction of sp³-hybridized carbons (Fsp3) is 0.350. The van der Waals surface area contributed by atoms with Crippen LogP contribution in [0.15, 0.2) is 51.8 Å². The number of benzene rings is 2. The third-order valence-electron chi connectivity index (χ3n) is 5.00. The number of hydrogen-bond acceptors (Lipinski definition) is 3. The predicted octanol–water partition coefficient (Wildman–Crippen LogP) is 4.70. The van der Waals surface area contributed by atoms with Crippen LogP contribution in [0.25, 0.3) is 0 Å². The summed E-state index contributed by atoms with van der Waals surface area (Å²) in [6, 6.07) is 10.1. The quantitative estimate of drug-likeness (QED) is 0.667. The van der Waals surface area contributed by atoms with Gasteiger partial charge in [0.15, 0.2) is 0 Å². The molecule has 5 nitrogen and oxygen atoms in total. The van der Waals surface area contributed by atoms with E-state index >= 15 is 0 Å². The van der Waals surface area contributed by atoms with Crippen LogP contribution in [-0.2, 0) is 10.0 Å². The second-order valence-corrected chi connectivity index (χ2v) is 9.69. The molecular weight excluding hydrogens is 447 g/mol. The smallest absolute Gasteiger partial charge is 0.255 e. The summed E-state index contributed by atoms with van der Waals surface area (Å²) in [4.78, 5) is 12.0. The Bertz CT molecular complexity index is 964. The molecule has 0 unspecified atom stereocenters. The van der Waals surface area contributed by atoms with Crippen molar-refractivity contribution in [1.82, 2.24) is 4.72 Å². The topological polar surface area (TPSA) is 75.3 Å². The van der Waals surface area contributed by atoms with Crippen LogP contribution in [0.1, 0.15) is 43.0 Å². The highest BCUT2D eigenvalue weighted by Gasteiger charge is 2.29. The molecule has 0 aromatic heterocycles. The van der Waals surface area contributed by atoms with Gasteiger partial charge in [-0.1, -0.05) is 35.7 Å². The van der Waals surface area contributed by atoms with E-state index in [4.69, 9.17) is 0 Å². The number of halogens is 2. The van der Waals surface area contributed by atoms with Crippen molar-refractivity contribution in [2.45, 2.75) is 43.5 Å². The van der Waals surface area contributed by atoms with Crippen molar-refractivity contribution in [2.75, 3.05) is 5.32 Å². The van der Waals surface area contributed by atoms with Gasteiger partial charge >= 0.3 is 0 Å². The normalized spacial score (nSPS) is 20.0. The maximum Gasteiger partial charge on any atom is 0.255 e. The zero-order valence-electron chi connectivity index (χ0n) is 15.4. The van der Waals surface area contributed by atoms with Gasteiger partial charge in [0.05, 0.1) is 0 Å². The Morgan fingerprint density at radius 3 is 2.46 bits per heavy atom. The van der Waals surface area contributed by atoms with Crippen molar-refractivity contribution < 1.29 is 17.6 Å². The van der Waals surface area contributed by atoms with E-state index in [9.17, 15) is 17.6 Å². The molecule has 0 radical (unpaired) electrons. The minimum atomic E-state index is -4.07. The van der Waals surface area contributed by atoms with E-state index in [0.29, 0.717) is 5.69 Å². The van der Waals surface area contributed by atoms with Gasteiger partial charge in [-0.05, 0) is 61.2 Å². The molecular formula is C20H22BrFN2O3S. The van der Waals surface area contributed by atoms with Crippen molar-refractivity contribution in [3.8, 4) is 0 Å². The number of carbonyl (C=O) groups is 1. The van der Waals surface area contributed by atoms with E-state index in [1.807, 2.05) is 6.92 Å². The molecule has 8 heteroatoms. The van der Waals surface area contributed by atoms with E-state index in [2.05, 4.69) is 26.0 Å². The molecule has 1 aliphatic rings. The van der Waals surface area contributed by atoms with Crippen LogP contribution in [0.5, 0.6) is 0 Å². The average Bonchev–Trinajstić information content (AvgIpc) is 2.65. The minimum Gasteiger partial charge on any atom is -0.322 e. The molecule has 1 saturated carbocycles. The Balaban J connectivity index is 1.81. The van der Waals surface area contributed by atoms with Crippen LogP contribution >= 0.6 is 15.9 Å². The highest BCUT2D eigenvalue weighted by molar-refractivity contribution is 9.10. The van der Waals surface area contributed by atoms with Crippen LogP contribution in [-0.4, -0.2) is 20.4 Å². The Morgan fingerprint density at radius 2 is 1.79 bits per heavy atom. The lowest BCUT2D eigenvalue weighted by Gasteiger charge is -2.29. The number of sulfonamides is 1. The fourth-order valence-corrected chi connectivity index (χ4v) is 5.09. The number of nitrogens with one attached hydrogen (secondary N) is 2. The van der Waals surface area contributed by atoms with Crippen LogP contribution in [0, 0.1) is 11.7 Å². The second kappa shape index (κ2) is 8.71. The van der Waals surface area contributed by atoms with Gasteiger partial charge in [0.1, 0.15) is 10.7 Å². The van der Waals surface area contributed by atoms with Crippen LogP contribution < -0.4 is 10.0 Å². The zero-order chi connectivity index (χ0) is 20.3. The first-order chi connectivity index (χ1) is 13.3. The van der Waals surface area contributed by atoms with E-state index in [1.54, 1.807) is 24.3 Å². The van der Waals surface area contributed by atoms with Crippen molar-refractivity contribution in [3.05, 3.63) is 58.3 Å². The summed E-state index contributed by atoms with van der Waals surface area (Å²) in [6.45, 7) is 1.99. The van der Waals surface area contributed by atoms with E-state index in [1.165, 1.54) is 6.07 Å². The van der Waals surface area contributed by atoms with Crippen LogP contribution in [0.4, 0.5) is 10.1 Å². The predicted molar refractivity (Wildman–Crippen MR) is 110 cm³/mol. The number of amides is 1. The lowest BCUT2D eigenvalue weighted by atomic mass is 9.87. The molecule has 2 aromatic rings. The molecule has 1 fully saturated rings. The molecule has 0 saturated heterocycles. The average molecular weight is 469 g/mol. The highest BCUT2D eigenvalue weighted by atomic mass is 79.9. The molecule has 0 heterocycles. The Labute approximate surface area is 172 Å². The van der Waals surface area contributed by atoms with Crippen molar-refractivity contribution in [2.24, 2.45) is 5.92 Å². The number of rotatable bonds is 5. The fourth-order valence-electron chi connectivity index (χ4n) is 3.34. The monoisotopic (exact) mass is 468 g/mol. The van der Waals surface area contributed by atoms with Gasteiger partial charge < -0.3 is 5.32 Å². The van der Waals surface area contributed by atoms with Crippen molar-refractivity contribution in [1.29, 1.82) is 0 Å². The Hall–Kier alpha value is -1.77. The van der Waals surface area contributed by atoms with Crippen LogP contribution in [0.3, 0.4) is 0 Å². The summed E-state index contributed by atoms with van der Waals surface area (Å²) in [7, 11) is -4.07. The number of hydrogen-bond donors (Lipinski definition) is 2. The molecule has 3 rings (SSSR count). The largest absolute Gasteiger partial charge is 0.322 e. The summed E-state index contributed by atoms with van der Waals surface area (Å²) in [5.41, 5.74) is 0.623. The maximum absolute atomic E-state index is 14.3. The molecule has 2 aromatic carbocycles. The molecule has 1 aliphatic carbocycles. The summed E-state index contributed by atoms with van der Waals surface area (Å²) in [5, 5.41) is 2.67. The molecule has 2 atom stereocenters. The standard InChI is InChI=1S/C20H22BrFN2O3S/c1-13-4-2-3-5-18(13)24-28(26,27)19-12-14(6-11-17(19)22)20(25)23-16-9-7-15(21)8-10-16/h6-13,18,24H,2-5H2,1H3,(H,23,25)/t13-,18+/m0/s1. The van der Waals surface area contributed by atoms with Gasteiger partial charge in [-0.25, -0.2) is 17.5 Å². The molecule has 0 bridgehead atoms. The van der Waals surface area contributed by atoms with E-state index < -0.39 is 26.6 Å². The number of carbonyl (C=O) groups excluding carboxylic acids is 1. The molecule has 1 amide bonds. The van der Waals surface area contributed by atoms with Crippen LogP contribution in [0.2, 0.25) is 0 Å². The summed E-state index contributed by atoms with van der Waals surface area (Å²) in [5.74, 6) is -1.20. The minimum absolute atomic E-state index is 0.0707. The molecule has 150 valence electrons. The molecule has 28 heavy (non-hydrogen) atoms. The SMILES string of the molecule is C[C@H]1CCCC[C@H]1NS(=O)(=O)c1cc(C(=O)Nc2ccc(Br)cc2)ccc1F. The summed E-state index contributed by atoms with van der Waals surface area (Å²) in [6.07, 6.45) is 3.67. The Kier molecular flexibility index (Phi) is 6.52. The lowest BCUT2D eigenvalue weighted by molar-refractivity contribution is 0.102. The zero-order valence-corrected chi connectivity index (χ0v) is 17.8. The van der Waals surface area contributed by atoms with Gasteiger partial charge in [0.2, 0.25) is 10.0 Å². The van der Waals surface area contributed by atoms with E-state index in [-0.39, 0.29) is 17.5 Å².